The molecule has 0 bridgehead atoms. The van der Waals surface area contributed by atoms with Crippen molar-refractivity contribution >= 4 is 39.7 Å². The summed E-state index contributed by atoms with van der Waals surface area (Å²) in [4.78, 5) is 34.7. The number of urea groups is 1. The number of thiazole rings is 2. The molecular weight excluding hydrogens is 430 g/mol. The van der Waals surface area contributed by atoms with Crippen molar-refractivity contribution in [1.29, 1.82) is 0 Å². The number of carbonyl (C=O) groups excluding carboxylic acids is 2. The number of aryl methyl sites for hydroxylation is 1. The number of nitrogens with zero attached hydrogens (tertiary/aromatic N) is 2. The minimum absolute atomic E-state index is 0.133. The fraction of sp³-hybridized carbons (Fsp3) is 0.364. The maximum absolute atomic E-state index is 12.3. The van der Waals surface area contributed by atoms with Crippen LogP contribution in [0.2, 0.25) is 0 Å². The smallest absolute Gasteiger partial charge is 0.321 e. The average Bonchev–Trinajstić information content (AvgIpc) is 3.42. The molecule has 1 aliphatic carbocycles. The summed E-state index contributed by atoms with van der Waals surface area (Å²) in [7, 11) is 0. The summed E-state index contributed by atoms with van der Waals surface area (Å²) < 4.78 is 0. The second-order valence-corrected chi connectivity index (χ2v) is 9.52. The molecule has 1 atom stereocenters. The van der Waals surface area contributed by atoms with E-state index in [1.807, 2.05) is 23.6 Å². The van der Waals surface area contributed by atoms with Crippen LogP contribution in [0.15, 0.2) is 35.7 Å². The van der Waals surface area contributed by atoms with Crippen molar-refractivity contribution in [2.24, 2.45) is 5.92 Å². The fourth-order valence-corrected chi connectivity index (χ4v) is 5.37. The summed E-state index contributed by atoms with van der Waals surface area (Å²) >= 11 is 3.03. The first-order valence-electron chi connectivity index (χ1n) is 10.4. The molecule has 9 heteroatoms. The van der Waals surface area contributed by atoms with Crippen LogP contribution in [-0.2, 0) is 25.9 Å². The Morgan fingerprint density at radius 2 is 1.97 bits per heavy atom. The third-order valence-electron chi connectivity index (χ3n) is 5.31. The molecule has 31 heavy (non-hydrogen) atoms. The number of benzene rings is 1. The summed E-state index contributed by atoms with van der Waals surface area (Å²) in [5.41, 5.74) is 2.51. The van der Waals surface area contributed by atoms with Crippen LogP contribution in [0.4, 0.5) is 9.93 Å². The molecule has 4 rings (SSSR count). The molecule has 7 nitrogen and oxygen atoms in total. The molecular formula is C22H25N5O2S2. The molecule has 1 aromatic carbocycles. The quantitative estimate of drug-likeness (QED) is 0.493. The van der Waals surface area contributed by atoms with E-state index in [2.05, 4.69) is 32.8 Å². The molecule has 1 unspecified atom stereocenters. The van der Waals surface area contributed by atoms with Crippen molar-refractivity contribution < 1.29 is 9.59 Å². The number of carbonyl (C=O) groups is 2. The predicted molar refractivity (Wildman–Crippen MR) is 124 cm³/mol. The summed E-state index contributed by atoms with van der Waals surface area (Å²) in [6, 6.07) is 8.78. The molecule has 162 valence electrons. The zero-order chi connectivity index (χ0) is 21.6. The van der Waals surface area contributed by atoms with E-state index >= 15 is 0 Å². The molecule has 0 spiro atoms. The predicted octanol–water partition coefficient (Wildman–Crippen LogP) is 4.37. The average molecular weight is 456 g/mol. The highest BCUT2D eigenvalue weighted by molar-refractivity contribution is 7.15. The fourth-order valence-electron chi connectivity index (χ4n) is 3.52. The Hall–Kier alpha value is -2.78. The van der Waals surface area contributed by atoms with Gasteiger partial charge in [-0.2, -0.15) is 0 Å². The third kappa shape index (κ3) is 5.68. The van der Waals surface area contributed by atoms with Crippen molar-refractivity contribution in [3.05, 3.63) is 62.5 Å². The Bertz CT molecular complexity index is 1050. The van der Waals surface area contributed by atoms with E-state index in [1.165, 1.54) is 29.1 Å². The van der Waals surface area contributed by atoms with Crippen LogP contribution in [0.3, 0.4) is 0 Å². The Morgan fingerprint density at radius 1 is 1.13 bits per heavy atom. The molecule has 0 saturated heterocycles. The number of amides is 3. The topological polar surface area (TPSA) is 96.0 Å². The Balaban J connectivity index is 1.23. The van der Waals surface area contributed by atoms with E-state index in [9.17, 15) is 9.59 Å². The minimum Gasteiger partial charge on any atom is -0.346 e. The summed E-state index contributed by atoms with van der Waals surface area (Å²) in [5, 5.41) is 11.9. The van der Waals surface area contributed by atoms with Gasteiger partial charge in [-0.3, -0.25) is 10.1 Å². The lowest BCUT2D eigenvalue weighted by atomic mass is 9.89. The van der Waals surface area contributed by atoms with Crippen molar-refractivity contribution in [2.45, 2.75) is 45.7 Å². The van der Waals surface area contributed by atoms with Crippen molar-refractivity contribution in [2.75, 3.05) is 5.32 Å². The van der Waals surface area contributed by atoms with E-state index in [0.717, 1.165) is 35.2 Å². The number of nitrogens with one attached hydrogen (secondary N) is 3. The van der Waals surface area contributed by atoms with Crippen LogP contribution < -0.4 is 16.0 Å². The third-order valence-corrected chi connectivity index (χ3v) is 7.24. The van der Waals surface area contributed by atoms with Gasteiger partial charge in [0.2, 0.25) is 0 Å². The van der Waals surface area contributed by atoms with Gasteiger partial charge in [-0.05, 0) is 37.3 Å². The van der Waals surface area contributed by atoms with E-state index in [-0.39, 0.29) is 11.9 Å². The molecule has 0 aliphatic heterocycles. The minimum atomic E-state index is -0.287. The zero-order valence-corrected chi connectivity index (χ0v) is 18.9. The normalized spacial score (nSPS) is 15.2. The molecule has 3 amide bonds. The highest BCUT2D eigenvalue weighted by atomic mass is 32.1. The molecule has 3 N–H and O–H groups in total. The highest BCUT2D eigenvalue weighted by Crippen LogP contribution is 2.33. The van der Waals surface area contributed by atoms with E-state index < -0.39 is 0 Å². The number of hydrogen-bond donors (Lipinski definition) is 3. The lowest BCUT2D eigenvalue weighted by molar-refractivity contribution is 0.0951. The van der Waals surface area contributed by atoms with Crippen LogP contribution in [0.5, 0.6) is 0 Å². The molecule has 0 fully saturated rings. The van der Waals surface area contributed by atoms with Crippen molar-refractivity contribution in [3.8, 4) is 0 Å². The number of aromatic nitrogens is 2. The molecule has 0 saturated carbocycles. The van der Waals surface area contributed by atoms with Crippen molar-refractivity contribution in [3.63, 3.8) is 0 Å². The van der Waals surface area contributed by atoms with Gasteiger partial charge in [0, 0.05) is 15.8 Å². The van der Waals surface area contributed by atoms with Gasteiger partial charge in [-0.15, -0.1) is 22.7 Å². The van der Waals surface area contributed by atoms with E-state index in [0.29, 0.717) is 23.8 Å². The van der Waals surface area contributed by atoms with Gasteiger partial charge in [0.05, 0.1) is 24.5 Å². The van der Waals surface area contributed by atoms with E-state index in [4.69, 9.17) is 0 Å². The zero-order valence-electron chi connectivity index (χ0n) is 17.3. The van der Waals surface area contributed by atoms with Crippen LogP contribution in [0.1, 0.15) is 51.4 Å². The second kappa shape index (κ2) is 10.0. The second-order valence-electron chi connectivity index (χ2n) is 7.49. The van der Waals surface area contributed by atoms with Gasteiger partial charge >= 0.3 is 6.03 Å². The van der Waals surface area contributed by atoms with Crippen LogP contribution in [-0.4, -0.2) is 21.9 Å². The summed E-state index contributed by atoms with van der Waals surface area (Å²) in [6.45, 7) is 2.90. The lowest BCUT2D eigenvalue weighted by Gasteiger charge is -2.18. The molecule has 1 aliphatic rings. The largest absolute Gasteiger partial charge is 0.346 e. The Kier molecular flexibility index (Phi) is 6.93. The van der Waals surface area contributed by atoms with Gasteiger partial charge in [-0.25, -0.2) is 14.8 Å². The maximum Gasteiger partial charge on any atom is 0.321 e. The first kappa shape index (κ1) is 21.5. The standard InChI is InChI=1S/C22H25N5O2S2/c1-2-14-8-9-17-18(10-14)31-22(26-17)27-21(29)24-11-16-13-30-19(25-16)12-23-20(28)15-6-4-3-5-7-15/h3-7,13-14H,2,8-12H2,1H3,(H,23,28)(H2,24,26,27,29). The van der Waals surface area contributed by atoms with Gasteiger partial charge in [0.15, 0.2) is 5.13 Å². The highest BCUT2D eigenvalue weighted by Gasteiger charge is 2.22. The van der Waals surface area contributed by atoms with Crippen molar-refractivity contribution in [1.82, 2.24) is 20.6 Å². The SMILES string of the molecule is CCC1CCc2nc(NC(=O)NCc3csc(CNC(=O)c4ccccc4)n3)sc2C1. The summed E-state index contributed by atoms with van der Waals surface area (Å²) in [6.07, 6.45) is 4.42. The number of fused-ring (bicyclic) bond motifs is 1. The van der Waals surface area contributed by atoms with Gasteiger partial charge in [0.25, 0.3) is 5.91 Å². The number of rotatable bonds is 7. The van der Waals surface area contributed by atoms with Crippen LogP contribution in [0, 0.1) is 5.92 Å². The first-order valence-corrected chi connectivity index (χ1v) is 12.1. The molecule has 3 aromatic rings. The van der Waals surface area contributed by atoms with Crippen LogP contribution >= 0.6 is 22.7 Å². The first-order chi connectivity index (χ1) is 15.1. The number of hydrogen-bond acceptors (Lipinski definition) is 6. The van der Waals surface area contributed by atoms with Crippen LogP contribution in [0.25, 0.3) is 0 Å². The lowest BCUT2D eigenvalue weighted by Crippen LogP contribution is -2.28. The Labute approximate surface area is 189 Å². The molecule has 2 aromatic heterocycles. The maximum atomic E-state index is 12.3. The van der Waals surface area contributed by atoms with Gasteiger partial charge < -0.3 is 10.6 Å². The van der Waals surface area contributed by atoms with Gasteiger partial charge in [-0.1, -0.05) is 31.5 Å². The van der Waals surface area contributed by atoms with E-state index in [1.54, 1.807) is 23.5 Å². The molecule has 2 heterocycles. The van der Waals surface area contributed by atoms with Gasteiger partial charge in [0.1, 0.15) is 5.01 Å². The molecule has 0 radical (unpaired) electrons. The Morgan fingerprint density at radius 3 is 2.77 bits per heavy atom. The monoisotopic (exact) mass is 455 g/mol. The number of anilines is 1. The summed E-state index contributed by atoms with van der Waals surface area (Å²) in [5.74, 6) is 0.595.